The maximum atomic E-state index is 6.33. The monoisotopic (exact) mass is 244 g/mol. The SMILES string of the molecule is CCCOCC(N)C(C)(CC)N1CCOCC1. The first-order valence-corrected chi connectivity index (χ1v) is 6.81. The van der Waals surface area contributed by atoms with Gasteiger partial charge >= 0.3 is 0 Å². The molecule has 0 spiro atoms. The maximum Gasteiger partial charge on any atom is 0.0635 e. The Morgan fingerprint density at radius 1 is 1.35 bits per heavy atom. The lowest BCUT2D eigenvalue weighted by molar-refractivity contribution is -0.0397. The molecule has 0 bridgehead atoms. The fourth-order valence-corrected chi connectivity index (χ4v) is 2.33. The van der Waals surface area contributed by atoms with Crippen molar-refractivity contribution < 1.29 is 9.47 Å². The summed E-state index contributed by atoms with van der Waals surface area (Å²) in [6.45, 7) is 11.6. The third-order valence-electron chi connectivity index (χ3n) is 3.89. The van der Waals surface area contributed by atoms with Crippen molar-refractivity contribution in [1.82, 2.24) is 4.90 Å². The smallest absolute Gasteiger partial charge is 0.0635 e. The molecule has 2 unspecified atom stereocenters. The summed E-state index contributed by atoms with van der Waals surface area (Å²) in [5.74, 6) is 0. The number of hydrogen-bond donors (Lipinski definition) is 1. The highest BCUT2D eigenvalue weighted by molar-refractivity contribution is 4.95. The van der Waals surface area contributed by atoms with Gasteiger partial charge in [-0.2, -0.15) is 0 Å². The topological polar surface area (TPSA) is 47.7 Å². The Balaban J connectivity index is 2.52. The molecule has 1 aliphatic heterocycles. The van der Waals surface area contributed by atoms with Gasteiger partial charge in [-0.3, -0.25) is 4.90 Å². The van der Waals surface area contributed by atoms with E-state index in [9.17, 15) is 0 Å². The van der Waals surface area contributed by atoms with Crippen molar-refractivity contribution in [3.05, 3.63) is 0 Å². The molecule has 4 heteroatoms. The van der Waals surface area contributed by atoms with Crippen molar-refractivity contribution in [2.24, 2.45) is 5.73 Å². The second kappa shape index (κ2) is 7.31. The minimum atomic E-state index is 0.0253. The number of nitrogens with zero attached hydrogens (tertiary/aromatic N) is 1. The van der Waals surface area contributed by atoms with E-state index in [-0.39, 0.29) is 11.6 Å². The first-order valence-electron chi connectivity index (χ1n) is 6.81. The Hall–Kier alpha value is -0.160. The van der Waals surface area contributed by atoms with Crippen LogP contribution < -0.4 is 5.73 Å². The third kappa shape index (κ3) is 3.91. The molecular weight excluding hydrogens is 216 g/mol. The lowest BCUT2D eigenvalue weighted by Crippen LogP contribution is -2.62. The normalized spacial score (nSPS) is 23.3. The summed E-state index contributed by atoms with van der Waals surface area (Å²) >= 11 is 0. The summed E-state index contributed by atoms with van der Waals surface area (Å²) in [5, 5.41) is 0. The van der Waals surface area contributed by atoms with Crippen molar-refractivity contribution in [2.45, 2.75) is 45.2 Å². The van der Waals surface area contributed by atoms with Crippen LogP contribution >= 0.6 is 0 Å². The first kappa shape index (κ1) is 14.9. The van der Waals surface area contributed by atoms with Gasteiger partial charge in [0.15, 0.2) is 0 Å². The van der Waals surface area contributed by atoms with Crippen LogP contribution in [0.5, 0.6) is 0 Å². The molecule has 0 radical (unpaired) electrons. The zero-order chi connectivity index (χ0) is 12.7. The Morgan fingerprint density at radius 3 is 2.53 bits per heavy atom. The zero-order valence-electron chi connectivity index (χ0n) is 11.6. The van der Waals surface area contributed by atoms with Crippen LogP contribution in [0.25, 0.3) is 0 Å². The zero-order valence-corrected chi connectivity index (χ0v) is 11.6. The van der Waals surface area contributed by atoms with E-state index in [1.54, 1.807) is 0 Å². The van der Waals surface area contributed by atoms with Crippen LogP contribution in [0.2, 0.25) is 0 Å². The first-order chi connectivity index (χ1) is 8.15. The molecule has 4 nitrogen and oxygen atoms in total. The molecule has 0 amide bonds. The predicted molar refractivity (Wildman–Crippen MR) is 70.2 cm³/mol. The second-order valence-corrected chi connectivity index (χ2v) is 4.99. The highest BCUT2D eigenvalue weighted by Crippen LogP contribution is 2.24. The van der Waals surface area contributed by atoms with E-state index in [2.05, 4.69) is 25.7 Å². The summed E-state index contributed by atoms with van der Waals surface area (Å²) in [6, 6.07) is 0.0668. The maximum absolute atomic E-state index is 6.33. The molecule has 0 aromatic heterocycles. The molecule has 0 aliphatic carbocycles. The predicted octanol–water partition coefficient (Wildman–Crippen LogP) is 1.24. The van der Waals surface area contributed by atoms with E-state index in [1.807, 2.05) is 0 Å². The van der Waals surface area contributed by atoms with Crippen LogP contribution in [-0.2, 0) is 9.47 Å². The van der Waals surface area contributed by atoms with Gasteiger partial charge in [-0.25, -0.2) is 0 Å². The number of ether oxygens (including phenoxy) is 2. The van der Waals surface area contributed by atoms with Gasteiger partial charge in [-0.15, -0.1) is 0 Å². The van der Waals surface area contributed by atoms with Crippen LogP contribution in [0.3, 0.4) is 0 Å². The van der Waals surface area contributed by atoms with Crippen LogP contribution in [0, 0.1) is 0 Å². The molecular formula is C13H28N2O2. The Morgan fingerprint density at radius 2 is 2.00 bits per heavy atom. The van der Waals surface area contributed by atoms with Gasteiger partial charge in [-0.1, -0.05) is 13.8 Å². The number of hydrogen-bond acceptors (Lipinski definition) is 4. The molecule has 1 saturated heterocycles. The molecule has 0 aromatic rings. The van der Waals surface area contributed by atoms with Crippen LogP contribution in [0.15, 0.2) is 0 Å². The average molecular weight is 244 g/mol. The molecule has 1 heterocycles. The van der Waals surface area contributed by atoms with Crippen molar-refractivity contribution in [3.63, 3.8) is 0 Å². The van der Waals surface area contributed by atoms with E-state index in [0.717, 1.165) is 45.8 Å². The minimum Gasteiger partial charge on any atom is -0.380 e. The van der Waals surface area contributed by atoms with Gasteiger partial charge in [0, 0.05) is 31.3 Å². The molecule has 1 rings (SSSR count). The lowest BCUT2D eigenvalue weighted by Gasteiger charge is -2.46. The van der Waals surface area contributed by atoms with Gasteiger partial charge in [0.25, 0.3) is 0 Å². The third-order valence-corrected chi connectivity index (χ3v) is 3.89. The molecule has 0 aromatic carbocycles. The van der Waals surface area contributed by atoms with E-state index in [0.29, 0.717) is 6.61 Å². The summed E-state index contributed by atoms with van der Waals surface area (Å²) in [6.07, 6.45) is 2.09. The van der Waals surface area contributed by atoms with Crippen LogP contribution in [-0.4, -0.2) is 56.0 Å². The van der Waals surface area contributed by atoms with Crippen molar-refractivity contribution in [3.8, 4) is 0 Å². The highest BCUT2D eigenvalue weighted by Gasteiger charge is 2.36. The van der Waals surface area contributed by atoms with Gasteiger partial charge in [0.05, 0.1) is 19.8 Å². The molecule has 2 N–H and O–H groups in total. The van der Waals surface area contributed by atoms with Crippen LogP contribution in [0.4, 0.5) is 0 Å². The molecule has 1 fully saturated rings. The quantitative estimate of drug-likeness (QED) is 0.685. The fourth-order valence-electron chi connectivity index (χ4n) is 2.33. The standard InChI is InChI=1S/C13H28N2O2/c1-4-8-17-11-12(14)13(3,5-2)15-6-9-16-10-7-15/h12H,4-11,14H2,1-3H3. The van der Waals surface area contributed by atoms with Crippen LogP contribution in [0.1, 0.15) is 33.6 Å². The Labute approximate surface area is 105 Å². The van der Waals surface area contributed by atoms with Gasteiger partial charge in [-0.05, 0) is 19.8 Å². The number of nitrogens with two attached hydrogens (primary N) is 1. The second-order valence-electron chi connectivity index (χ2n) is 4.99. The molecule has 102 valence electrons. The van der Waals surface area contributed by atoms with E-state index < -0.39 is 0 Å². The van der Waals surface area contributed by atoms with Gasteiger partial charge in [0.1, 0.15) is 0 Å². The average Bonchev–Trinajstić information content (AvgIpc) is 2.39. The largest absolute Gasteiger partial charge is 0.380 e. The van der Waals surface area contributed by atoms with Gasteiger partial charge in [0.2, 0.25) is 0 Å². The Bertz CT molecular complexity index is 208. The molecule has 0 saturated carbocycles. The van der Waals surface area contributed by atoms with Crippen molar-refractivity contribution >= 4 is 0 Å². The highest BCUT2D eigenvalue weighted by atomic mass is 16.5. The number of rotatable bonds is 7. The minimum absolute atomic E-state index is 0.0253. The van der Waals surface area contributed by atoms with E-state index >= 15 is 0 Å². The Kier molecular flexibility index (Phi) is 6.41. The molecule has 1 aliphatic rings. The van der Waals surface area contributed by atoms with E-state index in [1.165, 1.54) is 0 Å². The summed E-state index contributed by atoms with van der Waals surface area (Å²) in [7, 11) is 0. The molecule has 2 atom stereocenters. The summed E-state index contributed by atoms with van der Waals surface area (Å²) in [4.78, 5) is 2.45. The summed E-state index contributed by atoms with van der Waals surface area (Å²) < 4.78 is 11.0. The molecule has 17 heavy (non-hydrogen) atoms. The van der Waals surface area contributed by atoms with E-state index in [4.69, 9.17) is 15.2 Å². The number of morpholine rings is 1. The van der Waals surface area contributed by atoms with Gasteiger partial charge < -0.3 is 15.2 Å². The van der Waals surface area contributed by atoms with Crippen molar-refractivity contribution in [1.29, 1.82) is 0 Å². The lowest BCUT2D eigenvalue weighted by atomic mass is 9.87. The van der Waals surface area contributed by atoms with Crippen molar-refractivity contribution in [2.75, 3.05) is 39.5 Å². The summed E-state index contributed by atoms with van der Waals surface area (Å²) in [5.41, 5.74) is 6.35. The fraction of sp³-hybridized carbons (Fsp3) is 1.00.